The second kappa shape index (κ2) is 6.52. The van der Waals surface area contributed by atoms with E-state index in [-0.39, 0.29) is 11.2 Å². The van der Waals surface area contributed by atoms with Crippen molar-refractivity contribution in [1.29, 1.82) is 0 Å². The van der Waals surface area contributed by atoms with Gasteiger partial charge in [0.15, 0.2) is 0 Å². The molecule has 6 nitrogen and oxygen atoms in total. The van der Waals surface area contributed by atoms with Gasteiger partial charge in [0.2, 0.25) is 0 Å². The molecule has 24 heavy (non-hydrogen) atoms. The molecule has 0 spiro atoms. The third-order valence-corrected chi connectivity index (χ3v) is 4.27. The van der Waals surface area contributed by atoms with Gasteiger partial charge in [-0.25, -0.2) is 4.98 Å². The number of nitro groups is 1. The van der Waals surface area contributed by atoms with Crippen LogP contribution in [0.1, 0.15) is 11.4 Å². The number of nitrogens with zero attached hydrogens (tertiary/aromatic N) is 3. The summed E-state index contributed by atoms with van der Waals surface area (Å²) in [7, 11) is 1.67. The van der Waals surface area contributed by atoms with Crippen molar-refractivity contribution in [3.05, 3.63) is 77.9 Å². The lowest BCUT2D eigenvalue weighted by Gasteiger charge is -2.06. The topological polar surface area (TPSA) is 78.0 Å². The Hall–Kier alpha value is -2.55. The van der Waals surface area contributed by atoms with Crippen molar-refractivity contribution in [3.63, 3.8) is 0 Å². The van der Waals surface area contributed by atoms with Crippen LogP contribution < -0.4 is 5.56 Å². The Bertz CT molecular complexity index is 1020. The number of benzene rings is 2. The molecular formula is C17H12IN3O3. The molecule has 2 aromatic carbocycles. The molecule has 0 radical (unpaired) electrons. The Labute approximate surface area is 150 Å². The van der Waals surface area contributed by atoms with E-state index in [4.69, 9.17) is 0 Å². The van der Waals surface area contributed by atoms with E-state index in [0.717, 1.165) is 9.13 Å². The molecule has 120 valence electrons. The highest BCUT2D eigenvalue weighted by atomic mass is 127. The fourth-order valence-corrected chi connectivity index (χ4v) is 2.78. The smallest absolute Gasteiger partial charge is 0.269 e. The van der Waals surface area contributed by atoms with Crippen LogP contribution in [-0.4, -0.2) is 14.5 Å². The normalized spacial score (nSPS) is 11.2. The zero-order chi connectivity index (χ0) is 17.3. The summed E-state index contributed by atoms with van der Waals surface area (Å²) >= 11 is 2.16. The molecule has 0 aliphatic carbocycles. The Kier molecular flexibility index (Phi) is 4.43. The van der Waals surface area contributed by atoms with E-state index in [0.29, 0.717) is 16.7 Å². The maximum absolute atomic E-state index is 12.4. The summed E-state index contributed by atoms with van der Waals surface area (Å²) in [5.41, 5.74) is 1.36. The summed E-state index contributed by atoms with van der Waals surface area (Å²) in [4.78, 5) is 27.2. The molecule has 3 rings (SSSR count). The summed E-state index contributed by atoms with van der Waals surface area (Å²) in [5, 5.41) is 11.2. The van der Waals surface area contributed by atoms with Gasteiger partial charge in [-0.2, -0.15) is 0 Å². The lowest BCUT2D eigenvalue weighted by atomic mass is 10.2. The van der Waals surface area contributed by atoms with Gasteiger partial charge in [0.1, 0.15) is 5.82 Å². The molecular weight excluding hydrogens is 421 g/mol. The van der Waals surface area contributed by atoms with Crippen molar-refractivity contribution >= 4 is 51.3 Å². The van der Waals surface area contributed by atoms with Crippen LogP contribution in [0.15, 0.2) is 47.3 Å². The molecule has 1 aromatic heterocycles. The van der Waals surface area contributed by atoms with Gasteiger partial charge < -0.3 is 0 Å². The molecule has 0 saturated heterocycles. The highest BCUT2D eigenvalue weighted by Crippen LogP contribution is 2.16. The molecule has 0 saturated carbocycles. The summed E-state index contributed by atoms with van der Waals surface area (Å²) in [6.45, 7) is 0. The van der Waals surface area contributed by atoms with Crippen LogP contribution in [0.5, 0.6) is 0 Å². The maximum Gasteiger partial charge on any atom is 0.269 e. The van der Waals surface area contributed by atoms with Crippen molar-refractivity contribution < 1.29 is 4.92 Å². The summed E-state index contributed by atoms with van der Waals surface area (Å²) < 4.78 is 2.47. The largest absolute Gasteiger partial charge is 0.296 e. The first-order valence-corrected chi connectivity index (χ1v) is 8.12. The van der Waals surface area contributed by atoms with E-state index < -0.39 is 4.92 Å². The highest BCUT2D eigenvalue weighted by molar-refractivity contribution is 14.1. The first-order chi connectivity index (χ1) is 11.5. The molecule has 3 aromatic rings. The molecule has 0 aliphatic heterocycles. The summed E-state index contributed by atoms with van der Waals surface area (Å²) in [6, 6.07) is 11.7. The van der Waals surface area contributed by atoms with Crippen LogP contribution in [0.3, 0.4) is 0 Å². The van der Waals surface area contributed by atoms with E-state index in [1.54, 1.807) is 31.3 Å². The molecule has 0 fully saturated rings. The minimum absolute atomic E-state index is 0.0398. The molecule has 0 atom stereocenters. The second-order valence-electron chi connectivity index (χ2n) is 5.18. The highest BCUT2D eigenvalue weighted by Gasteiger charge is 2.07. The standard InChI is InChI=1S/C17H12IN3O3/c1-20-16(9-4-11-2-6-13(7-3-11)21(23)24)19-15-8-5-12(18)10-14(15)17(20)22/h2-10H,1H3. The number of aromatic nitrogens is 2. The van der Waals surface area contributed by atoms with Crippen LogP contribution in [0.25, 0.3) is 23.1 Å². The van der Waals surface area contributed by atoms with Gasteiger partial charge in [-0.3, -0.25) is 19.5 Å². The number of hydrogen-bond donors (Lipinski definition) is 0. The van der Waals surface area contributed by atoms with Crippen molar-refractivity contribution in [2.45, 2.75) is 0 Å². The zero-order valence-electron chi connectivity index (χ0n) is 12.6. The average molecular weight is 433 g/mol. The third kappa shape index (κ3) is 3.21. The van der Waals surface area contributed by atoms with Gasteiger partial charge >= 0.3 is 0 Å². The number of rotatable bonds is 3. The molecule has 0 aliphatic rings. The van der Waals surface area contributed by atoms with Gasteiger partial charge in [-0.15, -0.1) is 0 Å². The van der Waals surface area contributed by atoms with Crippen LogP contribution in [0.2, 0.25) is 0 Å². The van der Waals surface area contributed by atoms with Gasteiger partial charge in [-0.05, 0) is 64.6 Å². The SMILES string of the molecule is Cn1c(C=Cc2ccc([N+](=O)[O-])cc2)nc2ccc(I)cc2c1=O. The number of fused-ring (bicyclic) bond motifs is 1. The summed E-state index contributed by atoms with van der Waals surface area (Å²) in [5.74, 6) is 0.520. The van der Waals surface area contributed by atoms with E-state index in [1.807, 2.05) is 18.2 Å². The Balaban J connectivity index is 2.00. The van der Waals surface area contributed by atoms with Crippen molar-refractivity contribution in [3.8, 4) is 0 Å². The first-order valence-electron chi connectivity index (χ1n) is 7.04. The van der Waals surface area contributed by atoms with Gasteiger partial charge in [-0.1, -0.05) is 6.08 Å². The molecule has 0 unspecified atom stereocenters. The Morgan fingerprint density at radius 1 is 1.17 bits per heavy atom. The predicted octanol–water partition coefficient (Wildman–Crippen LogP) is 3.62. The molecule has 0 amide bonds. The monoisotopic (exact) mass is 433 g/mol. The molecule has 7 heteroatoms. The molecule has 0 bridgehead atoms. The summed E-state index contributed by atoms with van der Waals surface area (Å²) in [6.07, 6.45) is 3.49. The van der Waals surface area contributed by atoms with E-state index in [2.05, 4.69) is 27.6 Å². The minimum Gasteiger partial charge on any atom is -0.296 e. The zero-order valence-corrected chi connectivity index (χ0v) is 14.8. The van der Waals surface area contributed by atoms with Crippen molar-refractivity contribution in [2.24, 2.45) is 7.05 Å². The van der Waals surface area contributed by atoms with Crippen molar-refractivity contribution in [2.75, 3.05) is 0 Å². The van der Waals surface area contributed by atoms with Gasteiger partial charge in [0, 0.05) is 22.8 Å². The van der Waals surface area contributed by atoms with E-state index in [9.17, 15) is 14.9 Å². The number of hydrogen-bond acceptors (Lipinski definition) is 4. The fraction of sp³-hybridized carbons (Fsp3) is 0.0588. The van der Waals surface area contributed by atoms with E-state index >= 15 is 0 Å². The minimum atomic E-state index is -0.441. The molecule has 1 heterocycles. The number of non-ortho nitro benzene ring substituents is 1. The maximum atomic E-state index is 12.4. The average Bonchev–Trinajstić information content (AvgIpc) is 2.58. The second-order valence-corrected chi connectivity index (χ2v) is 6.42. The fourth-order valence-electron chi connectivity index (χ4n) is 2.29. The van der Waals surface area contributed by atoms with Crippen LogP contribution in [0.4, 0.5) is 5.69 Å². The lowest BCUT2D eigenvalue weighted by molar-refractivity contribution is -0.384. The first kappa shape index (κ1) is 16.3. The van der Waals surface area contributed by atoms with Gasteiger partial charge in [0.05, 0.1) is 15.8 Å². The van der Waals surface area contributed by atoms with Crippen molar-refractivity contribution in [1.82, 2.24) is 9.55 Å². The van der Waals surface area contributed by atoms with Gasteiger partial charge in [0.25, 0.3) is 11.2 Å². The Morgan fingerprint density at radius 2 is 1.88 bits per heavy atom. The van der Waals surface area contributed by atoms with Crippen LogP contribution >= 0.6 is 22.6 Å². The number of nitro benzene ring substituents is 1. The third-order valence-electron chi connectivity index (χ3n) is 3.60. The van der Waals surface area contributed by atoms with Crippen LogP contribution in [-0.2, 0) is 7.05 Å². The lowest BCUT2D eigenvalue weighted by Crippen LogP contribution is -2.20. The van der Waals surface area contributed by atoms with Crippen LogP contribution in [0, 0.1) is 13.7 Å². The number of halogens is 1. The predicted molar refractivity (Wildman–Crippen MR) is 102 cm³/mol. The quantitative estimate of drug-likeness (QED) is 0.359. The van der Waals surface area contributed by atoms with E-state index in [1.165, 1.54) is 16.7 Å². The molecule has 0 N–H and O–H groups in total. The Morgan fingerprint density at radius 3 is 2.54 bits per heavy atom.